The molecule has 0 N–H and O–H groups in total. The van der Waals surface area contributed by atoms with Crippen molar-refractivity contribution in [3.05, 3.63) is 56.2 Å². The van der Waals surface area contributed by atoms with Crippen LogP contribution in [0.4, 0.5) is 0 Å². The highest BCUT2D eigenvalue weighted by molar-refractivity contribution is 9.11. The van der Waals surface area contributed by atoms with Gasteiger partial charge in [0.05, 0.1) is 4.83 Å². The predicted molar refractivity (Wildman–Crippen MR) is 74.0 cm³/mol. The van der Waals surface area contributed by atoms with Crippen molar-refractivity contribution < 1.29 is 0 Å². The van der Waals surface area contributed by atoms with Crippen molar-refractivity contribution in [2.45, 2.75) is 11.8 Å². The quantitative estimate of drug-likeness (QED) is 0.647. The van der Waals surface area contributed by atoms with E-state index in [1.807, 2.05) is 17.4 Å². The fourth-order valence-corrected chi connectivity index (χ4v) is 4.47. The molecule has 2 rings (SSSR count). The molecule has 0 nitrogen and oxygen atoms in total. The number of hydrogen-bond acceptors (Lipinski definition) is 1. The Labute approximate surface area is 111 Å². The van der Waals surface area contributed by atoms with Crippen LogP contribution in [0, 0.1) is 6.92 Å². The van der Waals surface area contributed by atoms with Gasteiger partial charge in [0, 0.05) is 14.2 Å². The Hall–Kier alpha value is -0.120. The van der Waals surface area contributed by atoms with E-state index in [4.69, 9.17) is 0 Å². The lowest BCUT2D eigenvalue weighted by Gasteiger charge is -2.08. The molecule has 0 radical (unpaired) electrons. The summed E-state index contributed by atoms with van der Waals surface area (Å²) in [5, 5.41) is 0. The summed E-state index contributed by atoms with van der Waals surface area (Å²) < 4.78 is 1.19. The Bertz CT molecular complexity index is 448. The van der Waals surface area contributed by atoms with Crippen LogP contribution < -0.4 is 0 Å². The van der Waals surface area contributed by atoms with E-state index in [0.717, 1.165) is 0 Å². The summed E-state index contributed by atoms with van der Waals surface area (Å²) in [6, 6.07) is 12.6. The lowest BCUT2D eigenvalue weighted by Crippen LogP contribution is -1.89. The third kappa shape index (κ3) is 2.52. The number of halogens is 2. The first-order chi connectivity index (χ1) is 7.18. The molecule has 2 aromatic rings. The van der Waals surface area contributed by atoms with Gasteiger partial charge in [-0.15, -0.1) is 11.3 Å². The average molecular weight is 346 g/mol. The molecule has 1 heterocycles. The summed E-state index contributed by atoms with van der Waals surface area (Å²) in [6.07, 6.45) is 0. The molecule has 1 unspecified atom stereocenters. The first kappa shape index (κ1) is 11.4. The van der Waals surface area contributed by atoms with Crippen molar-refractivity contribution >= 4 is 43.2 Å². The lowest BCUT2D eigenvalue weighted by molar-refractivity contribution is 1.21. The number of benzene rings is 1. The molecule has 15 heavy (non-hydrogen) atoms. The van der Waals surface area contributed by atoms with Crippen LogP contribution in [-0.4, -0.2) is 0 Å². The van der Waals surface area contributed by atoms with Crippen molar-refractivity contribution in [2.75, 3.05) is 0 Å². The highest BCUT2D eigenvalue weighted by atomic mass is 79.9. The maximum absolute atomic E-state index is 3.74. The largest absolute Gasteiger partial charge is 0.143 e. The molecule has 0 bridgehead atoms. The average Bonchev–Trinajstić information content (AvgIpc) is 2.58. The Morgan fingerprint density at radius 2 is 1.87 bits per heavy atom. The van der Waals surface area contributed by atoms with Gasteiger partial charge >= 0.3 is 0 Å². The maximum Gasteiger partial charge on any atom is 0.0749 e. The van der Waals surface area contributed by atoms with Crippen LogP contribution in [0.15, 0.2) is 40.9 Å². The van der Waals surface area contributed by atoms with Crippen LogP contribution in [0.2, 0.25) is 0 Å². The summed E-state index contributed by atoms with van der Waals surface area (Å²) in [5.74, 6) is 0. The Morgan fingerprint density at radius 1 is 1.20 bits per heavy atom. The van der Waals surface area contributed by atoms with E-state index in [1.165, 1.54) is 19.8 Å². The monoisotopic (exact) mass is 344 g/mol. The van der Waals surface area contributed by atoms with Gasteiger partial charge in [-0.25, -0.2) is 0 Å². The van der Waals surface area contributed by atoms with Gasteiger partial charge < -0.3 is 0 Å². The number of thiophene rings is 1. The summed E-state index contributed by atoms with van der Waals surface area (Å²) in [6.45, 7) is 2.13. The minimum absolute atomic E-state index is 0.284. The molecule has 0 saturated heterocycles. The van der Waals surface area contributed by atoms with Crippen LogP contribution in [0.25, 0.3) is 0 Å². The first-order valence-electron chi connectivity index (χ1n) is 4.63. The molecule has 0 amide bonds. The third-order valence-corrected chi connectivity index (χ3v) is 5.48. The summed E-state index contributed by atoms with van der Waals surface area (Å²) in [5.41, 5.74) is 1.29. The van der Waals surface area contributed by atoms with Crippen LogP contribution in [-0.2, 0) is 0 Å². The highest BCUT2D eigenvalue weighted by Gasteiger charge is 2.15. The molecule has 0 aliphatic carbocycles. The fourth-order valence-electron chi connectivity index (χ4n) is 1.45. The third-order valence-electron chi connectivity index (χ3n) is 2.16. The van der Waals surface area contributed by atoms with Crippen molar-refractivity contribution in [3.63, 3.8) is 0 Å². The van der Waals surface area contributed by atoms with E-state index in [-0.39, 0.29) is 4.83 Å². The zero-order valence-electron chi connectivity index (χ0n) is 8.21. The maximum atomic E-state index is 3.74. The highest BCUT2D eigenvalue weighted by Crippen LogP contribution is 2.40. The van der Waals surface area contributed by atoms with Gasteiger partial charge in [-0.3, -0.25) is 0 Å². The van der Waals surface area contributed by atoms with E-state index in [0.29, 0.717) is 0 Å². The first-order valence-corrected chi connectivity index (χ1v) is 7.16. The standard InChI is InChI=1S/C12H10Br2S/c1-8-7-10(13)12(15-8)11(14)9-5-3-2-4-6-9/h2-7,11H,1H3. The van der Waals surface area contributed by atoms with Crippen molar-refractivity contribution in [1.82, 2.24) is 0 Å². The molecule has 0 spiro atoms. The van der Waals surface area contributed by atoms with Crippen molar-refractivity contribution in [1.29, 1.82) is 0 Å². The number of hydrogen-bond donors (Lipinski definition) is 0. The molecule has 78 valence electrons. The summed E-state index contributed by atoms with van der Waals surface area (Å²) in [4.78, 5) is 2.95. The number of alkyl halides is 1. The van der Waals surface area contributed by atoms with Crippen molar-refractivity contribution in [2.24, 2.45) is 0 Å². The van der Waals surface area contributed by atoms with Crippen LogP contribution in [0.3, 0.4) is 0 Å². The van der Waals surface area contributed by atoms with Crippen molar-refractivity contribution in [3.8, 4) is 0 Å². The Morgan fingerprint density at radius 3 is 2.40 bits per heavy atom. The second-order valence-electron chi connectivity index (χ2n) is 3.34. The van der Waals surface area contributed by atoms with Gasteiger partial charge in [-0.1, -0.05) is 46.3 Å². The van der Waals surface area contributed by atoms with E-state index >= 15 is 0 Å². The molecular weight excluding hydrogens is 336 g/mol. The van der Waals surface area contributed by atoms with Gasteiger partial charge in [0.2, 0.25) is 0 Å². The zero-order valence-corrected chi connectivity index (χ0v) is 12.2. The SMILES string of the molecule is Cc1cc(Br)c(C(Br)c2ccccc2)s1. The molecular formula is C12H10Br2S. The summed E-state index contributed by atoms with van der Waals surface area (Å²) >= 11 is 9.16. The normalized spacial score (nSPS) is 12.7. The van der Waals surface area contributed by atoms with E-state index in [2.05, 4.69) is 69.1 Å². The second-order valence-corrected chi connectivity index (χ2v) is 6.40. The molecule has 0 saturated carbocycles. The second kappa shape index (κ2) is 4.81. The number of aryl methyl sites for hydroxylation is 1. The van der Waals surface area contributed by atoms with E-state index in [9.17, 15) is 0 Å². The fraction of sp³-hybridized carbons (Fsp3) is 0.167. The molecule has 3 heteroatoms. The van der Waals surface area contributed by atoms with Crippen LogP contribution >= 0.6 is 43.2 Å². The van der Waals surface area contributed by atoms with Gasteiger partial charge in [0.1, 0.15) is 0 Å². The van der Waals surface area contributed by atoms with Crippen LogP contribution in [0.5, 0.6) is 0 Å². The van der Waals surface area contributed by atoms with Gasteiger partial charge in [-0.05, 0) is 34.5 Å². The lowest BCUT2D eigenvalue weighted by atomic mass is 10.1. The molecule has 0 fully saturated rings. The van der Waals surface area contributed by atoms with E-state index in [1.54, 1.807) is 0 Å². The molecule has 1 aromatic carbocycles. The Balaban J connectivity index is 2.36. The Kier molecular flexibility index (Phi) is 3.65. The summed E-state index contributed by atoms with van der Waals surface area (Å²) in [7, 11) is 0. The smallest absolute Gasteiger partial charge is 0.0749 e. The minimum Gasteiger partial charge on any atom is -0.143 e. The molecule has 1 aromatic heterocycles. The zero-order chi connectivity index (χ0) is 10.8. The van der Waals surface area contributed by atoms with E-state index < -0.39 is 0 Å². The minimum atomic E-state index is 0.284. The molecule has 1 atom stereocenters. The number of rotatable bonds is 2. The van der Waals surface area contributed by atoms with Crippen LogP contribution in [0.1, 0.15) is 20.1 Å². The predicted octanol–water partition coefficient (Wildman–Crippen LogP) is 5.30. The van der Waals surface area contributed by atoms with Gasteiger partial charge in [0.15, 0.2) is 0 Å². The van der Waals surface area contributed by atoms with Gasteiger partial charge in [0.25, 0.3) is 0 Å². The van der Waals surface area contributed by atoms with Gasteiger partial charge in [-0.2, -0.15) is 0 Å². The molecule has 0 aliphatic rings. The molecule has 0 aliphatic heterocycles. The topological polar surface area (TPSA) is 0 Å².